The molecule has 16 heteroatoms. The van der Waals surface area contributed by atoms with E-state index >= 15 is 0 Å². The maximum absolute atomic E-state index is 13.3. The summed E-state index contributed by atoms with van der Waals surface area (Å²) < 4.78 is 18.4. The van der Waals surface area contributed by atoms with Crippen molar-refractivity contribution in [1.29, 1.82) is 0 Å². The number of hydrogen-bond donors (Lipinski definition) is 6. The number of thiazole rings is 1. The number of carbonyl (C=O) groups excluding carboxylic acids is 3. The van der Waals surface area contributed by atoms with Crippen LogP contribution in [0.2, 0.25) is 0 Å². The number of nitrogens with one attached hydrogen (secondary N) is 6. The fourth-order valence-corrected chi connectivity index (χ4v) is 12.1. The zero-order valence-corrected chi connectivity index (χ0v) is 40.6. The summed E-state index contributed by atoms with van der Waals surface area (Å²) in [6.07, 6.45) is 14.8. The molecule has 1 saturated carbocycles. The first-order valence-electron chi connectivity index (χ1n) is 24.8. The number of thioether (sulfide) groups is 1. The molecule has 3 saturated heterocycles. The van der Waals surface area contributed by atoms with Crippen LogP contribution in [0.25, 0.3) is 10.2 Å². The minimum atomic E-state index is -0.0542. The number of nitrogens with zero attached hydrogens (tertiary/aromatic N) is 2. The van der Waals surface area contributed by atoms with Crippen LogP contribution in [0.5, 0.6) is 0 Å². The van der Waals surface area contributed by atoms with Crippen molar-refractivity contribution < 1.29 is 28.6 Å². The van der Waals surface area contributed by atoms with Gasteiger partial charge >= 0.3 is 6.03 Å². The van der Waals surface area contributed by atoms with Crippen molar-refractivity contribution in [2.45, 2.75) is 133 Å². The quantitative estimate of drug-likeness (QED) is 0.0413. The number of aromatic nitrogens is 1. The molecule has 4 atom stereocenters. The van der Waals surface area contributed by atoms with Crippen molar-refractivity contribution in [2.75, 3.05) is 97.8 Å². The number of aryl methyl sites for hydroxylation is 1. The van der Waals surface area contributed by atoms with E-state index in [1.165, 1.54) is 47.4 Å². The van der Waals surface area contributed by atoms with Crippen LogP contribution in [0, 0.1) is 11.8 Å². The minimum Gasteiger partial charge on any atom is -0.378 e. The van der Waals surface area contributed by atoms with E-state index < -0.39 is 0 Å². The molecule has 1 aromatic heterocycles. The van der Waals surface area contributed by atoms with E-state index in [0.29, 0.717) is 75.7 Å². The van der Waals surface area contributed by atoms with Gasteiger partial charge in [-0.05, 0) is 114 Å². The summed E-state index contributed by atoms with van der Waals surface area (Å²) in [6.45, 7) is 14.5. The van der Waals surface area contributed by atoms with Gasteiger partial charge in [0.15, 0.2) is 0 Å². The smallest absolute Gasteiger partial charge is 0.315 e. The first-order valence-corrected chi connectivity index (χ1v) is 26.7. The summed E-state index contributed by atoms with van der Waals surface area (Å²) in [6, 6.07) is 7.45. The number of ether oxygens (including phenoxy) is 3. The molecule has 2 aromatic rings. The number of benzene rings is 1. The Morgan fingerprint density at radius 2 is 1.62 bits per heavy atom. The van der Waals surface area contributed by atoms with E-state index in [-0.39, 0.29) is 35.8 Å². The summed E-state index contributed by atoms with van der Waals surface area (Å²) in [7, 11) is 0. The monoisotopic (exact) mass is 929 g/mol. The Morgan fingerprint density at radius 3 is 2.42 bits per heavy atom. The molecule has 1 aromatic carbocycles. The summed E-state index contributed by atoms with van der Waals surface area (Å²) >= 11 is 3.75. The van der Waals surface area contributed by atoms with E-state index in [4.69, 9.17) is 19.2 Å². The molecule has 3 aliphatic heterocycles. The number of urea groups is 1. The van der Waals surface area contributed by atoms with Crippen LogP contribution in [0.15, 0.2) is 18.2 Å². The van der Waals surface area contributed by atoms with E-state index in [1.807, 2.05) is 23.1 Å². The second-order valence-electron chi connectivity index (χ2n) is 18.6. The standard InChI is InChI=1S/C48H80N8O6S2/c1-35(2)38-15-16-39-43(32-38)64-45(53-39)14-8-19-49-20-9-21-50-40(36-10-4-3-5-11-36)33-52-47(58)37-17-23-56(24-18-37)25-27-61-29-31-62-30-28-60-26-22-51-44(57)13-7-6-12-42-46-41(34-63-42)54-48(59)55-46/h15-16,32,35-37,40-42,46,49-50H,3-14,17-31,33-34H2,1-2H3,(H,51,57)(H,52,58)(H2,54,55,59)/t40-,41+,42+,46+/m1/s1. The molecule has 14 nitrogen and oxygen atoms in total. The normalized spacial score (nSPS) is 21.3. The average Bonchev–Trinajstić information content (AvgIpc) is 4.01. The van der Waals surface area contributed by atoms with Crippen LogP contribution in [0.3, 0.4) is 0 Å². The van der Waals surface area contributed by atoms with Gasteiger partial charge in [-0.25, -0.2) is 9.78 Å². The van der Waals surface area contributed by atoms with Gasteiger partial charge in [0.1, 0.15) is 0 Å². The highest BCUT2D eigenvalue weighted by molar-refractivity contribution is 8.00. The largest absolute Gasteiger partial charge is 0.378 e. The molecule has 4 heterocycles. The van der Waals surface area contributed by atoms with E-state index in [1.54, 1.807) is 0 Å². The van der Waals surface area contributed by atoms with E-state index in [2.05, 4.69) is 68.8 Å². The average molecular weight is 929 g/mol. The number of carbonyl (C=O) groups is 3. The van der Waals surface area contributed by atoms with Gasteiger partial charge in [0.05, 0.1) is 66.9 Å². The second-order valence-corrected chi connectivity index (χ2v) is 21.0. The number of piperidine rings is 1. The Labute approximate surface area is 391 Å². The van der Waals surface area contributed by atoms with Crippen LogP contribution in [0.1, 0.15) is 114 Å². The first kappa shape index (κ1) is 50.8. The van der Waals surface area contributed by atoms with Gasteiger partial charge < -0.3 is 51.0 Å². The molecule has 6 N–H and O–H groups in total. The van der Waals surface area contributed by atoms with Gasteiger partial charge in [-0.3, -0.25) is 9.59 Å². The second kappa shape index (κ2) is 28.6. The molecular formula is C48H80N8O6S2. The fourth-order valence-electron chi connectivity index (χ4n) is 9.52. The fraction of sp³-hybridized carbons (Fsp3) is 0.792. The molecule has 1 aliphatic carbocycles. The molecule has 0 spiro atoms. The Bertz CT molecular complexity index is 1670. The topological polar surface area (TPSA) is 167 Å². The van der Waals surface area contributed by atoms with Gasteiger partial charge in [-0.2, -0.15) is 11.8 Å². The number of fused-ring (bicyclic) bond motifs is 2. The number of unbranched alkanes of at least 4 members (excludes halogenated alkanes) is 1. The van der Waals surface area contributed by atoms with E-state index in [9.17, 15) is 14.4 Å². The Hall–Kier alpha value is -2.57. The number of hydrogen-bond acceptors (Lipinski definition) is 12. The lowest BCUT2D eigenvalue weighted by Gasteiger charge is -2.33. The van der Waals surface area contributed by atoms with Crippen molar-refractivity contribution in [3.05, 3.63) is 28.8 Å². The molecule has 4 aliphatic rings. The predicted octanol–water partition coefficient (Wildman–Crippen LogP) is 5.59. The zero-order chi connectivity index (χ0) is 44.8. The molecule has 0 bridgehead atoms. The zero-order valence-electron chi connectivity index (χ0n) is 38.9. The molecule has 6 rings (SSSR count). The predicted molar refractivity (Wildman–Crippen MR) is 259 cm³/mol. The van der Waals surface area contributed by atoms with Crippen LogP contribution < -0.4 is 31.9 Å². The highest BCUT2D eigenvalue weighted by Crippen LogP contribution is 2.33. The van der Waals surface area contributed by atoms with Crippen molar-refractivity contribution in [3.8, 4) is 0 Å². The highest BCUT2D eigenvalue weighted by atomic mass is 32.2. The number of amides is 4. The van der Waals surface area contributed by atoms with Gasteiger partial charge in [-0.15, -0.1) is 11.3 Å². The SMILES string of the molecule is CC(C)c1ccc2nc(CCCNCCCN[C@H](CNC(=O)C3CCN(CCOCCOCCOCCNC(=O)CCCC[C@@H]4SC[C@@H]5NC(=O)N[C@@H]54)CC3)C3CCCCC3)sc2c1. The first-order chi connectivity index (χ1) is 31.3. The Kier molecular flexibility index (Phi) is 22.7. The lowest BCUT2D eigenvalue weighted by atomic mass is 9.83. The van der Waals surface area contributed by atoms with Crippen LogP contribution in [0.4, 0.5) is 4.79 Å². The number of likely N-dealkylation sites (tertiary alicyclic amines) is 1. The summed E-state index contributed by atoms with van der Waals surface area (Å²) in [4.78, 5) is 44.3. The van der Waals surface area contributed by atoms with Gasteiger partial charge in [0.25, 0.3) is 0 Å². The van der Waals surface area contributed by atoms with Crippen molar-refractivity contribution in [2.24, 2.45) is 11.8 Å². The minimum absolute atomic E-state index is 0.0542. The van der Waals surface area contributed by atoms with Crippen LogP contribution in [-0.2, 0) is 30.2 Å². The van der Waals surface area contributed by atoms with Crippen molar-refractivity contribution >= 4 is 51.2 Å². The molecular weight excluding hydrogens is 849 g/mol. The van der Waals surface area contributed by atoms with Gasteiger partial charge in [0.2, 0.25) is 11.8 Å². The molecule has 0 unspecified atom stereocenters. The third-order valence-corrected chi connectivity index (χ3v) is 16.0. The highest BCUT2D eigenvalue weighted by Gasteiger charge is 2.42. The van der Waals surface area contributed by atoms with Crippen LogP contribution >= 0.6 is 23.1 Å². The van der Waals surface area contributed by atoms with Crippen molar-refractivity contribution in [3.63, 3.8) is 0 Å². The molecule has 4 amide bonds. The third kappa shape index (κ3) is 17.6. The Balaban J connectivity index is 0.712. The van der Waals surface area contributed by atoms with Crippen molar-refractivity contribution in [1.82, 2.24) is 41.8 Å². The van der Waals surface area contributed by atoms with Gasteiger partial charge in [-0.1, -0.05) is 45.6 Å². The molecule has 64 heavy (non-hydrogen) atoms. The molecule has 360 valence electrons. The third-order valence-electron chi connectivity index (χ3n) is 13.4. The van der Waals surface area contributed by atoms with Crippen LogP contribution in [-0.4, -0.2) is 149 Å². The molecule has 0 radical (unpaired) electrons. The number of rotatable bonds is 31. The maximum atomic E-state index is 13.3. The summed E-state index contributed by atoms with van der Waals surface area (Å²) in [5.41, 5.74) is 2.51. The summed E-state index contributed by atoms with van der Waals surface area (Å²) in [5.74, 6) is 2.50. The lowest BCUT2D eigenvalue weighted by Crippen LogP contribution is -2.49. The summed E-state index contributed by atoms with van der Waals surface area (Å²) in [5, 5.41) is 21.5. The van der Waals surface area contributed by atoms with E-state index in [0.717, 1.165) is 108 Å². The molecule has 4 fully saturated rings. The lowest BCUT2D eigenvalue weighted by molar-refractivity contribution is -0.126. The maximum Gasteiger partial charge on any atom is 0.315 e. The Morgan fingerprint density at radius 1 is 0.859 bits per heavy atom. The van der Waals surface area contributed by atoms with Gasteiger partial charge in [0, 0.05) is 55.4 Å².